The molecule has 0 saturated heterocycles. The molecule has 28 heavy (non-hydrogen) atoms. The lowest BCUT2D eigenvalue weighted by Gasteiger charge is -2.17. The van der Waals surface area contributed by atoms with Crippen LogP contribution < -0.4 is 5.32 Å². The summed E-state index contributed by atoms with van der Waals surface area (Å²) in [5.74, 6) is 0.423. The van der Waals surface area contributed by atoms with Crippen molar-refractivity contribution in [2.75, 3.05) is 0 Å². The summed E-state index contributed by atoms with van der Waals surface area (Å²) in [7, 11) is 0. The Morgan fingerprint density at radius 2 is 1.75 bits per heavy atom. The lowest BCUT2D eigenvalue weighted by Crippen LogP contribution is -2.31. The Bertz CT molecular complexity index is 1090. The summed E-state index contributed by atoms with van der Waals surface area (Å²) in [5, 5.41) is 3.86. The van der Waals surface area contributed by atoms with Gasteiger partial charge in [0.15, 0.2) is 0 Å². The van der Waals surface area contributed by atoms with Gasteiger partial charge < -0.3 is 10.3 Å². The number of hydrogen-bond acceptors (Lipinski definition) is 2. The summed E-state index contributed by atoms with van der Waals surface area (Å²) in [5.41, 5.74) is 3.25. The van der Waals surface area contributed by atoms with E-state index in [0.29, 0.717) is 27.9 Å². The molecule has 0 aliphatic carbocycles. The second-order valence-corrected chi connectivity index (χ2v) is 7.32. The highest BCUT2D eigenvalue weighted by Gasteiger charge is 2.21. The van der Waals surface area contributed by atoms with Crippen LogP contribution in [0.3, 0.4) is 0 Å². The highest BCUT2D eigenvalue weighted by molar-refractivity contribution is 6.36. The van der Waals surface area contributed by atoms with Crippen molar-refractivity contribution in [1.82, 2.24) is 15.3 Å². The Hall–Kier alpha value is -2.82. The Morgan fingerprint density at radius 1 is 1.00 bits per heavy atom. The zero-order valence-corrected chi connectivity index (χ0v) is 16.3. The van der Waals surface area contributed by atoms with Gasteiger partial charge in [-0.1, -0.05) is 65.7 Å². The first-order chi connectivity index (χ1) is 13.6. The van der Waals surface area contributed by atoms with Crippen molar-refractivity contribution in [1.29, 1.82) is 0 Å². The SMILES string of the molecule is O=C(N[C@H](Cc1ccccc1)c1nc2ccccc2[nH]1)c1ccc(Cl)cc1Cl. The molecule has 0 saturated carbocycles. The van der Waals surface area contributed by atoms with E-state index >= 15 is 0 Å². The molecule has 0 fully saturated rings. The van der Waals surface area contributed by atoms with Crippen molar-refractivity contribution in [3.8, 4) is 0 Å². The average molecular weight is 410 g/mol. The fourth-order valence-corrected chi connectivity index (χ4v) is 3.61. The molecule has 2 N–H and O–H groups in total. The largest absolute Gasteiger partial charge is 0.342 e. The van der Waals surface area contributed by atoms with Gasteiger partial charge in [0.1, 0.15) is 5.82 Å². The number of aromatic nitrogens is 2. The van der Waals surface area contributed by atoms with Gasteiger partial charge in [-0.2, -0.15) is 0 Å². The Kier molecular flexibility index (Phi) is 5.33. The van der Waals surface area contributed by atoms with Crippen LogP contribution in [-0.2, 0) is 6.42 Å². The average Bonchev–Trinajstić information content (AvgIpc) is 3.12. The number of H-pyrrole nitrogens is 1. The third-order valence-electron chi connectivity index (χ3n) is 4.50. The molecule has 1 heterocycles. The highest BCUT2D eigenvalue weighted by Crippen LogP contribution is 2.24. The normalized spacial score (nSPS) is 12.1. The quantitative estimate of drug-likeness (QED) is 0.451. The van der Waals surface area contributed by atoms with E-state index in [4.69, 9.17) is 23.2 Å². The lowest BCUT2D eigenvalue weighted by atomic mass is 10.0. The minimum atomic E-state index is -0.339. The number of halogens is 2. The van der Waals surface area contributed by atoms with Gasteiger partial charge in [-0.15, -0.1) is 0 Å². The number of benzene rings is 3. The lowest BCUT2D eigenvalue weighted by molar-refractivity contribution is 0.0935. The minimum Gasteiger partial charge on any atom is -0.342 e. The van der Waals surface area contributed by atoms with E-state index in [1.165, 1.54) is 0 Å². The van der Waals surface area contributed by atoms with Crippen LogP contribution in [0.15, 0.2) is 72.8 Å². The number of carbonyl (C=O) groups excluding carboxylic acids is 1. The predicted octanol–water partition coefficient (Wildman–Crippen LogP) is 5.58. The maximum absolute atomic E-state index is 12.9. The molecule has 0 bridgehead atoms. The first-order valence-corrected chi connectivity index (χ1v) is 9.60. The number of para-hydroxylation sites is 2. The first-order valence-electron chi connectivity index (χ1n) is 8.84. The molecule has 1 atom stereocenters. The second-order valence-electron chi connectivity index (χ2n) is 6.48. The number of fused-ring (bicyclic) bond motifs is 1. The Balaban J connectivity index is 1.67. The molecular weight excluding hydrogens is 393 g/mol. The minimum absolute atomic E-state index is 0.275. The van der Waals surface area contributed by atoms with Crippen LogP contribution in [0.25, 0.3) is 11.0 Å². The van der Waals surface area contributed by atoms with E-state index in [1.807, 2.05) is 54.6 Å². The summed E-state index contributed by atoms with van der Waals surface area (Å²) in [6.07, 6.45) is 0.595. The summed E-state index contributed by atoms with van der Waals surface area (Å²) in [6.45, 7) is 0. The van der Waals surface area contributed by atoms with Crippen LogP contribution in [0.1, 0.15) is 27.8 Å². The monoisotopic (exact) mass is 409 g/mol. The summed E-state index contributed by atoms with van der Waals surface area (Å²) in [6, 6.07) is 22.2. The van der Waals surface area contributed by atoms with Gasteiger partial charge in [0.05, 0.1) is 27.7 Å². The van der Waals surface area contributed by atoms with Gasteiger partial charge in [0, 0.05) is 5.02 Å². The predicted molar refractivity (Wildman–Crippen MR) is 113 cm³/mol. The van der Waals surface area contributed by atoms with Crippen molar-refractivity contribution >= 4 is 40.1 Å². The smallest absolute Gasteiger partial charge is 0.253 e. The molecule has 0 radical (unpaired) electrons. The molecule has 0 spiro atoms. The van der Waals surface area contributed by atoms with Gasteiger partial charge in [0.2, 0.25) is 0 Å². The van der Waals surface area contributed by atoms with Gasteiger partial charge >= 0.3 is 0 Å². The van der Waals surface area contributed by atoms with Crippen LogP contribution in [0.5, 0.6) is 0 Å². The summed E-state index contributed by atoms with van der Waals surface area (Å²) >= 11 is 12.2. The summed E-state index contributed by atoms with van der Waals surface area (Å²) < 4.78 is 0. The van der Waals surface area contributed by atoms with Crippen molar-refractivity contribution in [2.45, 2.75) is 12.5 Å². The molecule has 4 aromatic rings. The molecule has 0 aliphatic rings. The maximum atomic E-state index is 12.9. The van der Waals surface area contributed by atoms with Gasteiger partial charge in [-0.25, -0.2) is 4.98 Å². The molecule has 1 amide bonds. The Morgan fingerprint density at radius 3 is 2.50 bits per heavy atom. The van der Waals surface area contributed by atoms with E-state index in [-0.39, 0.29) is 11.9 Å². The van der Waals surface area contributed by atoms with Crippen molar-refractivity contribution in [2.24, 2.45) is 0 Å². The highest BCUT2D eigenvalue weighted by atomic mass is 35.5. The second kappa shape index (κ2) is 8.05. The number of aromatic amines is 1. The number of amides is 1. The zero-order valence-electron chi connectivity index (χ0n) is 14.8. The fraction of sp³-hybridized carbons (Fsp3) is 0.0909. The van der Waals surface area contributed by atoms with Crippen molar-refractivity contribution in [3.05, 3.63) is 99.8 Å². The summed E-state index contributed by atoms with van der Waals surface area (Å²) in [4.78, 5) is 20.9. The first kappa shape index (κ1) is 18.5. The maximum Gasteiger partial charge on any atom is 0.253 e. The van der Waals surface area contributed by atoms with E-state index in [0.717, 1.165) is 16.6 Å². The Labute approximate surface area is 172 Å². The van der Waals surface area contributed by atoms with Gasteiger partial charge in [-0.3, -0.25) is 4.79 Å². The number of hydrogen-bond donors (Lipinski definition) is 2. The van der Waals surface area contributed by atoms with E-state index in [1.54, 1.807) is 18.2 Å². The molecule has 3 aromatic carbocycles. The number of nitrogens with zero attached hydrogens (tertiary/aromatic N) is 1. The zero-order chi connectivity index (χ0) is 19.5. The van der Waals surface area contributed by atoms with Crippen LogP contribution in [0.4, 0.5) is 0 Å². The molecule has 6 heteroatoms. The third kappa shape index (κ3) is 4.03. The molecular formula is C22H17Cl2N3O. The molecule has 1 aromatic heterocycles. The van der Waals surface area contributed by atoms with Crippen molar-refractivity contribution in [3.63, 3.8) is 0 Å². The molecule has 140 valence electrons. The molecule has 4 nitrogen and oxygen atoms in total. The van der Waals surface area contributed by atoms with Gasteiger partial charge in [0.25, 0.3) is 5.91 Å². The number of nitrogens with one attached hydrogen (secondary N) is 2. The van der Waals surface area contributed by atoms with E-state index in [9.17, 15) is 4.79 Å². The fourth-order valence-electron chi connectivity index (χ4n) is 3.11. The molecule has 0 aliphatic heterocycles. The standard InChI is InChI=1S/C22H17Cl2N3O/c23-15-10-11-16(17(24)13-15)22(28)27-20(12-14-6-2-1-3-7-14)21-25-18-8-4-5-9-19(18)26-21/h1-11,13,20H,12H2,(H,25,26)(H,27,28)/t20-/m1/s1. The van der Waals surface area contributed by atoms with E-state index < -0.39 is 0 Å². The topological polar surface area (TPSA) is 57.8 Å². The molecule has 0 unspecified atom stereocenters. The van der Waals surface area contributed by atoms with Crippen molar-refractivity contribution < 1.29 is 4.79 Å². The number of rotatable bonds is 5. The molecule has 4 rings (SSSR count). The van der Waals surface area contributed by atoms with Crippen LogP contribution >= 0.6 is 23.2 Å². The van der Waals surface area contributed by atoms with E-state index in [2.05, 4.69) is 15.3 Å². The third-order valence-corrected chi connectivity index (χ3v) is 5.05. The number of carbonyl (C=O) groups is 1. The van der Waals surface area contributed by atoms with Crippen LogP contribution in [0.2, 0.25) is 10.0 Å². The van der Waals surface area contributed by atoms with Crippen LogP contribution in [0, 0.1) is 0 Å². The van der Waals surface area contributed by atoms with Gasteiger partial charge in [-0.05, 0) is 42.3 Å². The van der Waals surface area contributed by atoms with Crippen LogP contribution in [-0.4, -0.2) is 15.9 Å². The number of imidazole rings is 1.